The second kappa shape index (κ2) is 3.86. The van der Waals surface area contributed by atoms with Crippen LogP contribution in [0.1, 0.15) is 13.3 Å². The van der Waals surface area contributed by atoms with Gasteiger partial charge in [-0.15, -0.1) is 0 Å². The minimum Gasteiger partial charge on any atom is -0.383 e. The maximum atomic E-state index is 13.1. The molecule has 0 atom stereocenters. The summed E-state index contributed by atoms with van der Waals surface area (Å²) in [5.41, 5.74) is 2.04. The van der Waals surface area contributed by atoms with E-state index in [-0.39, 0.29) is 5.82 Å². The molecule has 1 aromatic rings. The van der Waals surface area contributed by atoms with Gasteiger partial charge in [-0.25, -0.2) is 4.39 Å². The quantitative estimate of drug-likeness (QED) is 0.738. The highest BCUT2D eigenvalue weighted by molar-refractivity contribution is 5.70. The topological polar surface area (TPSA) is 15.3 Å². The van der Waals surface area contributed by atoms with Crippen LogP contribution in [0.5, 0.6) is 0 Å². The van der Waals surface area contributed by atoms with Crippen LogP contribution in [0.2, 0.25) is 0 Å². The number of anilines is 2. The molecule has 0 radical (unpaired) electrons. The van der Waals surface area contributed by atoms with Gasteiger partial charge in [0.25, 0.3) is 0 Å². The minimum absolute atomic E-state index is 0.161. The number of halogens is 1. The van der Waals surface area contributed by atoms with Crippen LogP contribution in [0, 0.1) is 5.82 Å². The van der Waals surface area contributed by atoms with E-state index in [1.165, 1.54) is 6.07 Å². The number of fused-ring (bicyclic) bond motifs is 1. The highest BCUT2D eigenvalue weighted by Gasteiger charge is 2.13. The summed E-state index contributed by atoms with van der Waals surface area (Å²) < 4.78 is 13.1. The first kappa shape index (κ1) is 9.31. The Balaban J connectivity index is 2.40. The van der Waals surface area contributed by atoms with Gasteiger partial charge in [0, 0.05) is 19.6 Å². The average Bonchev–Trinajstić information content (AvgIpc) is 2.39. The van der Waals surface area contributed by atoms with Crippen LogP contribution in [-0.2, 0) is 0 Å². The second-order valence-corrected chi connectivity index (χ2v) is 3.52. The van der Waals surface area contributed by atoms with Crippen molar-refractivity contribution in [2.75, 3.05) is 29.9 Å². The van der Waals surface area contributed by atoms with Crippen molar-refractivity contribution < 1.29 is 4.39 Å². The van der Waals surface area contributed by atoms with Crippen LogP contribution in [0.25, 0.3) is 0 Å². The van der Waals surface area contributed by atoms with Crippen LogP contribution < -0.4 is 10.2 Å². The molecule has 3 heteroatoms. The zero-order valence-corrected chi connectivity index (χ0v) is 8.39. The van der Waals surface area contributed by atoms with E-state index < -0.39 is 0 Å². The van der Waals surface area contributed by atoms with Crippen LogP contribution >= 0.6 is 0 Å². The molecule has 1 aliphatic rings. The monoisotopic (exact) mass is 194 g/mol. The van der Waals surface area contributed by atoms with Gasteiger partial charge in [0.1, 0.15) is 5.82 Å². The van der Waals surface area contributed by atoms with Crippen molar-refractivity contribution in [3.8, 4) is 0 Å². The summed E-state index contributed by atoms with van der Waals surface area (Å²) in [6.07, 6.45) is 1.10. The third kappa shape index (κ3) is 1.67. The van der Waals surface area contributed by atoms with Crippen molar-refractivity contribution in [1.29, 1.82) is 0 Å². The summed E-state index contributed by atoms with van der Waals surface area (Å²) in [6.45, 7) is 4.99. The van der Waals surface area contributed by atoms with E-state index in [9.17, 15) is 4.39 Å². The van der Waals surface area contributed by atoms with Crippen molar-refractivity contribution in [2.24, 2.45) is 0 Å². The number of hydrogen-bond donors (Lipinski definition) is 1. The molecule has 1 aliphatic heterocycles. The average molecular weight is 194 g/mol. The number of nitrogens with zero attached hydrogens (tertiary/aromatic N) is 1. The highest BCUT2D eigenvalue weighted by atomic mass is 19.1. The van der Waals surface area contributed by atoms with Crippen molar-refractivity contribution >= 4 is 11.4 Å². The first-order chi connectivity index (χ1) is 6.81. The van der Waals surface area contributed by atoms with Crippen molar-refractivity contribution in [2.45, 2.75) is 13.3 Å². The molecule has 0 saturated carbocycles. The molecule has 2 nitrogen and oxygen atoms in total. The molecule has 1 aromatic carbocycles. The van der Waals surface area contributed by atoms with Gasteiger partial charge in [0.15, 0.2) is 0 Å². The SMILES string of the molecule is CCN1CCCNc2ccc(F)cc21. The Kier molecular flexibility index (Phi) is 2.57. The Morgan fingerprint density at radius 1 is 1.50 bits per heavy atom. The van der Waals surface area contributed by atoms with Crippen molar-refractivity contribution in [3.05, 3.63) is 24.0 Å². The van der Waals surface area contributed by atoms with E-state index in [0.29, 0.717) is 0 Å². The van der Waals surface area contributed by atoms with E-state index in [0.717, 1.165) is 37.4 Å². The van der Waals surface area contributed by atoms with Gasteiger partial charge in [0.05, 0.1) is 11.4 Å². The van der Waals surface area contributed by atoms with E-state index >= 15 is 0 Å². The third-order valence-electron chi connectivity index (χ3n) is 2.60. The first-order valence-corrected chi connectivity index (χ1v) is 5.09. The maximum absolute atomic E-state index is 13.1. The molecular formula is C11H15FN2. The maximum Gasteiger partial charge on any atom is 0.125 e. The molecule has 0 amide bonds. The lowest BCUT2D eigenvalue weighted by molar-refractivity contribution is 0.627. The van der Waals surface area contributed by atoms with Crippen LogP contribution in [0.15, 0.2) is 18.2 Å². The predicted molar refractivity (Wildman–Crippen MR) is 57.4 cm³/mol. The minimum atomic E-state index is -0.161. The second-order valence-electron chi connectivity index (χ2n) is 3.52. The molecule has 76 valence electrons. The standard InChI is InChI=1S/C11H15FN2/c1-2-14-7-3-6-13-10-5-4-9(12)8-11(10)14/h4-5,8,13H,2-3,6-7H2,1H3. The fourth-order valence-corrected chi connectivity index (χ4v) is 1.86. The molecule has 0 spiro atoms. The number of rotatable bonds is 1. The molecule has 1 N–H and O–H groups in total. The predicted octanol–water partition coefficient (Wildman–Crippen LogP) is 2.47. The Labute approximate surface area is 83.7 Å². The van der Waals surface area contributed by atoms with Gasteiger partial charge >= 0.3 is 0 Å². The molecule has 1 heterocycles. The Hall–Kier alpha value is -1.25. The van der Waals surface area contributed by atoms with Gasteiger partial charge in [-0.1, -0.05) is 0 Å². The zero-order chi connectivity index (χ0) is 9.97. The number of benzene rings is 1. The smallest absolute Gasteiger partial charge is 0.125 e. The van der Waals surface area contributed by atoms with E-state index in [1.54, 1.807) is 6.07 Å². The van der Waals surface area contributed by atoms with Crippen LogP contribution in [0.3, 0.4) is 0 Å². The largest absolute Gasteiger partial charge is 0.383 e. The molecule has 0 unspecified atom stereocenters. The normalized spacial score (nSPS) is 15.7. The molecule has 0 bridgehead atoms. The Morgan fingerprint density at radius 2 is 2.36 bits per heavy atom. The van der Waals surface area contributed by atoms with E-state index in [1.807, 2.05) is 6.07 Å². The highest BCUT2D eigenvalue weighted by Crippen LogP contribution is 2.28. The summed E-state index contributed by atoms with van der Waals surface area (Å²) in [5.74, 6) is -0.161. The molecule has 0 saturated heterocycles. The van der Waals surface area contributed by atoms with E-state index in [4.69, 9.17) is 0 Å². The lowest BCUT2D eigenvalue weighted by atomic mass is 10.2. The zero-order valence-electron chi connectivity index (χ0n) is 8.39. The summed E-state index contributed by atoms with van der Waals surface area (Å²) in [5, 5.41) is 3.31. The molecule has 2 rings (SSSR count). The number of hydrogen-bond acceptors (Lipinski definition) is 2. The number of nitrogens with one attached hydrogen (secondary N) is 1. The molecule has 0 aliphatic carbocycles. The van der Waals surface area contributed by atoms with Gasteiger partial charge in [-0.05, 0) is 31.5 Å². The van der Waals surface area contributed by atoms with Gasteiger partial charge in [-0.2, -0.15) is 0 Å². The van der Waals surface area contributed by atoms with Crippen molar-refractivity contribution in [3.63, 3.8) is 0 Å². The van der Waals surface area contributed by atoms with Gasteiger partial charge < -0.3 is 10.2 Å². The molecular weight excluding hydrogens is 179 g/mol. The lowest BCUT2D eigenvalue weighted by Crippen LogP contribution is -2.23. The van der Waals surface area contributed by atoms with Gasteiger partial charge in [-0.3, -0.25) is 0 Å². The van der Waals surface area contributed by atoms with E-state index in [2.05, 4.69) is 17.1 Å². The van der Waals surface area contributed by atoms with Gasteiger partial charge in [0.2, 0.25) is 0 Å². The summed E-state index contributed by atoms with van der Waals surface area (Å²) in [4.78, 5) is 2.21. The first-order valence-electron chi connectivity index (χ1n) is 5.09. The summed E-state index contributed by atoms with van der Waals surface area (Å²) >= 11 is 0. The Morgan fingerprint density at radius 3 is 3.14 bits per heavy atom. The summed E-state index contributed by atoms with van der Waals surface area (Å²) in [6, 6.07) is 4.93. The molecule has 0 aromatic heterocycles. The third-order valence-corrected chi connectivity index (χ3v) is 2.60. The van der Waals surface area contributed by atoms with Crippen LogP contribution in [-0.4, -0.2) is 19.6 Å². The fourth-order valence-electron chi connectivity index (χ4n) is 1.86. The molecule has 0 fully saturated rings. The Bertz CT molecular complexity index is 325. The fraction of sp³-hybridized carbons (Fsp3) is 0.455. The summed E-state index contributed by atoms with van der Waals surface area (Å²) in [7, 11) is 0. The lowest BCUT2D eigenvalue weighted by Gasteiger charge is -2.22. The molecule has 14 heavy (non-hydrogen) atoms. The van der Waals surface area contributed by atoms with Crippen LogP contribution in [0.4, 0.5) is 15.8 Å². The van der Waals surface area contributed by atoms with Crippen molar-refractivity contribution in [1.82, 2.24) is 0 Å².